The summed E-state index contributed by atoms with van der Waals surface area (Å²) in [5, 5.41) is 20.6. The summed E-state index contributed by atoms with van der Waals surface area (Å²) < 4.78 is 66.4. The first-order valence-corrected chi connectivity index (χ1v) is 10.9. The van der Waals surface area contributed by atoms with Crippen LogP contribution in [-0.4, -0.2) is 25.9 Å². The molecule has 13 heteroatoms. The molecule has 0 aliphatic carbocycles. The van der Waals surface area contributed by atoms with Crippen LogP contribution in [-0.2, 0) is 20.2 Å². The molecule has 31 heavy (non-hydrogen) atoms. The molecule has 0 aliphatic rings. The Labute approximate surface area is 223 Å². The monoisotopic (exact) mass is 480 g/mol. The van der Waals surface area contributed by atoms with Gasteiger partial charge in [-0.3, -0.25) is 4.55 Å². The zero-order valence-corrected chi connectivity index (χ0v) is 22.8. The van der Waals surface area contributed by atoms with Crippen LogP contribution in [0.1, 0.15) is 11.1 Å². The van der Waals surface area contributed by atoms with E-state index in [-0.39, 0.29) is 69.9 Å². The molecule has 152 valence electrons. The Hall–Kier alpha value is -0.860. The van der Waals surface area contributed by atoms with Crippen molar-refractivity contribution in [2.45, 2.75) is 23.6 Å². The molecule has 1 N–H and O–H groups in total. The molecule has 0 radical (unpaired) electrons. The molecule has 0 amide bonds. The number of azo groups is 1. The molecule has 0 fully saturated rings. The summed E-state index contributed by atoms with van der Waals surface area (Å²) in [6.07, 6.45) is 0. The summed E-state index contributed by atoms with van der Waals surface area (Å²) in [5.41, 5.74) is 1.58. The fraction of sp³-hybridized carbons (Fsp3) is 0.111. The zero-order valence-electron chi connectivity index (χ0n) is 17.1. The maximum Gasteiger partial charge on any atom is 1.00 e. The molecule has 0 aliphatic heterocycles. The van der Waals surface area contributed by atoms with Crippen LogP contribution in [0, 0.1) is 13.8 Å². The van der Waals surface area contributed by atoms with Gasteiger partial charge in [0.1, 0.15) is 10.1 Å². The molecule has 0 saturated heterocycles. The number of nitrogens with zero attached hydrogens (tertiary/aromatic N) is 2. The van der Waals surface area contributed by atoms with Crippen LogP contribution in [0.25, 0.3) is 10.8 Å². The third kappa shape index (κ3) is 6.14. The second kappa shape index (κ2) is 10.4. The fourth-order valence-corrected chi connectivity index (χ4v) is 3.94. The molecule has 3 aromatic rings. The van der Waals surface area contributed by atoms with Gasteiger partial charge in [-0.1, -0.05) is 30.0 Å². The van der Waals surface area contributed by atoms with Crippen LogP contribution < -0.4 is 64.2 Å². The number of hydrogen-bond acceptors (Lipinski definition) is 8. The normalized spacial score (nSPS) is 11.9. The zero-order chi connectivity index (χ0) is 21.6. The second-order valence-electron chi connectivity index (χ2n) is 6.30. The predicted octanol–water partition coefficient (Wildman–Crippen LogP) is -2.90. The Morgan fingerprint density at radius 2 is 1.42 bits per heavy atom. The Kier molecular flexibility index (Phi) is 9.44. The molecule has 9 nitrogen and oxygen atoms in total. The third-order valence-corrected chi connectivity index (χ3v) is 5.95. The Morgan fingerprint density at radius 3 is 1.94 bits per heavy atom. The summed E-state index contributed by atoms with van der Waals surface area (Å²) in [7, 11) is -9.76. The van der Waals surface area contributed by atoms with E-state index in [1.807, 2.05) is 6.07 Å². The quantitative estimate of drug-likeness (QED) is 0.238. The molecule has 3 aromatic carbocycles. The Balaban J connectivity index is 0.00000240. The molecule has 0 unspecified atom stereocenters. The summed E-state index contributed by atoms with van der Waals surface area (Å²) in [6, 6.07) is 9.20. The van der Waals surface area contributed by atoms with E-state index in [9.17, 15) is 31.0 Å². The van der Waals surface area contributed by atoms with Gasteiger partial charge in [-0.15, -0.1) is 0 Å². The summed E-state index contributed by atoms with van der Waals surface area (Å²) in [4.78, 5) is -1.62. The Morgan fingerprint density at radius 1 is 0.871 bits per heavy atom. The van der Waals surface area contributed by atoms with Crippen molar-refractivity contribution in [1.82, 2.24) is 0 Å². The molecule has 0 aromatic heterocycles. The van der Waals surface area contributed by atoms with Crippen molar-refractivity contribution in [2.24, 2.45) is 10.2 Å². The number of fused-ring (bicyclic) bond motifs is 1. The first-order chi connectivity index (χ1) is 13.4. The van der Waals surface area contributed by atoms with E-state index in [4.69, 9.17) is 0 Å². The smallest absolute Gasteiger partial charge is 0.870 e. The van der Waals surface area contributed by atoms with Gasteiger partial charge in [0.15, 0.2) is 0 Å². The van der Waals surface area contributed by atoms with Crippen molar-refractivity contribution in [3.8, 4) is 5.75 Å². The van der Waals surface area contributed by atoms with E-state index >= 15 is 0 Å². The first kappa shape index (κ1) is 28.2. The van der Waals surface area contributed by atoms with Crippen molar-refractivity contribution in [1.29, 1.82) is 0 Å². The summed E-state index contributed by atoms with van der Waals surface area (Å²) in [6.45, 7) is 3.55. The second-order valence-corrected chi connectivity index (χ2v) is 9.07. The van der Waals surface area contributed by atoms with Gasteiger partial charge in [-0.25, -0.2) is 8.42 Å². The largest absolute Gasteiger partial charge is 1.00 e. The maximum atomic E-state index is 12.6. The third-order valence-electron chi connectivity index (χ3n) is 4.26. The molecule has 0 spiro atoms. The molecular weight excluding hydrogens is 466 g/mol. The van der Waals surface area contributed by atoms with Gasteiger partial charge in [0.05, 0.1) is 21.2 Å². The van der Waals surface area contributed by atoms with E-state index in [1.54, 1.807) is 26.0 Å². The van der Waals surface area contributed by atoms with E-state index in [1.165, 1.54) is 0 Å². The fourth-order valence-electron chi connectivity index (χ4n) is 2.83. The van der Waals surface area contributed by atoms with Crippen molar-refractivity contribution in [3.63, 3.8) is 0 Å². The van der Waals surface area contributed by atoms with E-state index in [0.29, 0.717) is 5.69 Å². The average Bonchev–Trinajstić information content (AvgIpc) is 2.60. The van der Waals surface area contributed by atoms with Crippen molar-refractivity contribution in [2.75, 3.05) is 0 Å². The van der Waals surface area contributed by atoms with Crippen LogP contribution in [0.15, 0.2) is 62.5 Å². The van der Waals surface area contributed by atoms with E-state index < -0.39 is 41.5 Å². The topological polar surface area (TPSA) is 159 Å². The van der Waals surface area contributed by atoms with Crippen molar-refractivity contribution in [3.05, 3.63) is 53.6 Å². The summed E-state index contributed by atoms with van der Waals surface area (Å²) >= 11 is 0. The minimum atomic E-state index is -4.94. The minimum absolute atomic E-state index is 0. The van der Waals surface area contributed by atoms with Gasteiger partial charge in [0, 0.05) is 5.39 Å². The number of aryl methyl sites for hydroxylation is 2. The van der Waals surface area contributed by atoms with Gasteiger partial charge >= 0.3 is 59.1 Å². The minimum Gasteiger partial charge on any atom is -0.870 e. The van der Waals surface area contributed by atoms with Gasteiger partial charge in [0.25, 0.3) is 10.1 Å². The van der Waals surface area contributed by atoms with E-state index in [0.717, 1.165) is 35.4 Å². The molecule has 0 atom stereocenters. The molecule has 0 saturated carbocycles. The molecule has 3 rings (SSSR count). The van der Waals surface area contributed by atoms with E-state index in [2.05, 4.69) is 10.2 Å². The SMILES string of the molecule is Cc1cccc(C)c1N=Nc1c([O-])c(S(=O)(=O)O)cc2cc(S(=O)(=O)[O-])ccc12.[Na+].[Na+]. The average molecular weight is 480 g/mol. The predicted molar refractivity (Wildman–Crippen MR) is 101 cm³/mol. The molecule has 0 bridgehead atoms. The van der Waals surface area contributed by atoms with Crippen molar-refractivity contribution < 1.29 is 90.2 Å². The number of benzene rings is 3. The molecule has 0 heterocycles. The van der Waals surface area contributed by atoms with Gasteiger partial charge in [0.2, 0.25) is 0 Å². The standard InChI is InChI=1S/C18H16N2O7S2.2Na/c1-10-4-3-5-11(2)16(10)19-20-17-14-7-6-13(28(22,23)24)8-12(14)9-15(18(17)21)29(25,26)27;;/h3-9,21H,1-2H3,(H,22,23,24)(H,25,26,27);;/q;2*+1/p-2. The Bertz CT molecular complexity index is 1370. The van der Waals surface area contributed by atoms with Crippen LogP contribution in [0.4, 0.5) is 11.4 Å². The summed E-state index contributed by atoms with van der Waals surface area (Å²) in [5.74, 6) is -1.10. The van der Waals surface area contributed by atoms with Gasteiger partial charge in [-0.05, 0) is 48.6 Å². The number of rotatable bonds is 4. The first-order valence-electron chi connectivity index (χ1n) is 8.08. The van der Waals surface area contributed by atoms with Gasteiger partial charge < -0.3 is 9.66 Å². The maximum absolute atomic E-state index is 12.6. The van der Waals surface area contributed by atoms with Crippen LogP contribution >= 0.6 is 0 Å². The number of hydrogen-bond donors (Lipinski definition) is 1. The van der Waals surface area contributed by atoms with Crippen LogP contribution in [0.3, 0.4) is 0 Å². The van der Waals surface area contributed by atoms with Crippen LogP contribution in [0.2, 0.25) is 0 Å². The molecular formula is C18H14N2Na2O7S2. The van der Waals surface area contributed by atoms with Crippen molar-refractivity contribution >= 4 is 42.4 Å². The van der Waals surface area contributed by atoms with Gasteiger partial charge in [-0.2, -0.15) is 18.6 Å². The van der Waals surface area contributed by atoms with Crippen LogP contribution in [0.5, 0.6) is 5.75 Å².